The van der Waals surface area contributed by atoms with Crippen molar-refractivity contribution in [2.75, 3.05) is 12.4 Å². The molecule has 0 saturated heterocycles. The number of rotatable bonds is 5. The molecule has 26 heavy (non-hydrogen) atoms. The molecule has 1 unspecified atom stereocenters. The lowest BCUT2D eigenvalue weighted by molar-refractivity contribution is 0.408. The van der Waals surface area contributed by atoms with Gasteiger partial charge in [-0.05, 0) is 22.9 Å². The van der Waals surface area contributed by atoms with Crippen molar-refractivity contribution in [1.29, 1.82) is 0 Å². The highest BCUT2D eigenvalue weighted by Gasteiger charge is 2.24. The first-order chi connectivity index (χ1) is 12.8. The minimum atomic E-state index is -0.302. The van der Waals surface area contributed by atoms with Crippen LogP contribution in [-0.2, 0) is 0 Å². The minimum absolute atomic E-state index is 0.240. The van der Waals surface area contributed by atoms with Crippen molar-refractivity contribution in [3.05, 3.63) is 83.4 Å². The van der Waals surface area contributed by atoms with Gasteiger partial charge in [0.15, 0.2) is 5.13 Å². The number of ether oxygens (including phenoxy) is 1. The van der Waals surface area contributed by atoms with Crippen LogP contribution in [0.2, 0.25) is 0 Å². The average molecular weight is 362 g/mol. The van der Waals surface area contributed by atoms with Crippen molar-refractivity contribution in [3.8, 4) is 11.5 Å². The van der Waals surface area contributed by atoms with E-state index in [9.17, 15) is 5.11 Å². The number of fused-ring (bicyclic) bond motifs is 1. The molecule has 0 aliphatic heterocycles. The van der Waals surface area contributed by atoms with Gasteiger partial charge in [-0.25, -0.2) is 4.98 Å². The minimum Gasteiger partial charge on any atom is -0.508 e. The van der Waals surface area contributed by atoms with Crippen LogP contribution in [-0.4, -0.2) is 17.2 Å². The van der Waals surface area contributed by atoms with E-state index in [4.69, 9.17) is 4.74 Å². The second kappa shape index (κ2) is 7.06. The molecule has 2 N–H and O–H groups in total. The summed E-state index contributed by atoms with van der Waals surface area (Å²) < 4.78 is 5.58. The Labute approximate surface area is 155 Å². The molecule has 1 aromatic heterocycles. The van der Waals surface area contributed by atoms with Gasteiger partial charge in [-0.15, -0.1) is 11.3 Å². The standard InChI is InChI=1S/C21H18N2O2S/c1-25-18-9-5-4-8-16(18)20(23-21-22-12-13-26-21)19-15-7-3-2-6-14(15)10-11-17(19)24/h2-13,20,24H,1H3,(H,22,23). The zero-order chi connectivity index (χ0) is 17.9. The second-order valence-corrected chi connectivity index (χ2v) is 6.77. The van der Waals surface area contributed by atoms with Gasteiger partial charge < -0.3 is 15.2 Å². The van der Waals surface area contributed by atoms with Crippen LogP contribution in [0.25, 0.3) is 10.8 Å². The Bertz CT molecular complexity index is 1030. The molecular weight excluding hydrogens is 344 g/mol. The molecule has 0 amide bonds. The molecule has 0 bridgehead atoms. The third-order valence-corrected chi connectivity index (χ3v) is 5.09. The SMILES string of the molecule is COc1ccccc1C(Nc1nccs1)c1c(O)ccc2ccccc12. The normalized spacial score (nSPS) is 12.0. The third kappa shape index (κ3) is 2.97. The number of nitrogens with zero attached hydrogens (tertiary/aromatic N) is 1. The summed E-state index contributed by atoms with van der Waals surface area (Å²) in [6.07, 6.45) is 1.76. The lowest BCUT2D eigenvalue weighted by Gasteiger charge is -2.24. The molecule has 0 spiro atoms. The largest absolute Gasteiger partial charge is 0.508 e. The van der Waals surface area contributed by atoms with Crippen molar-refractivity contribution in [3.63, 3.8) is 0 Å². The second-order valence-electron chi connectivity index (χ2n) is 5.88. The average Bonchev–Trinajstić information content (AvgIpc) is 3.20. The molecule has 1 heterocycles. The van der Waals surface area contributed by atoms with E-state index in [1.807, 2.05) is 60.0 Å². The Kier molecular flexibility index (Phi) is 4.46. The van der Waals surface area contributed by atoms with E-state index in [0.29, 0.717) is 0 Å². The van der Waals surface area contributed by atoms with Gasteiger partial charge in [0.25, 0.3) is 0 Å². The van der Waals surface area contributed by atoms with E-state index in [0.717, 1.165) is 32.8 Å². The highest BCUT2D eigenvalue weighted by Crippen LogP contribution is 2.40. The summed E-state index contributed by atoms with van der Waals surface area (Å²) in [5.41, 5.74) is 1.75. The Morgan fingerprint density at radius 1 is 1.04 bits per heavy atom. The van der Waals surface area contributed by atoms with Gasteiger partial charge in [0.1, 0.15) is 11.5 Å². The summed E-state index contributed by atoms with van der Waals surface area (Å²) in [6, 6.07) is 19.2. The van der Waals surface area contributed by atoms with E-state index in [1.54, 1.807) is 19.4 Å². The van der Waals surface area contributed by atoms with Gasteiger partial charge in [0.05, 0.1) is 13.2 Å². The van der Waals surface area contributed by atoms with Crippen LogP contribution in [0.15, 0.2) is 72.2 Å². The molecule has 0 fully saturated rings. The van der Waals surface area contributed by atoms with Gasteiger partial charge in [-0.1, -0.05) is 48.5 Å². The lowest BCUT2D eigenvalue weighted by Crippen LogP contribution is -2.14. The summed E-state index contributed by atoms with van der Waals surface area (Å²) in [4.78, 5) is 4.36. The van der Waals surface area contributed by atoms with Crippen LogP contribution < -0.4 is 10.1 Å². The Balaban J connectivity index is 1.95. The van der Waals surface area contributed by atoms with Gasteiger partial charge >= 0.3 is 0 Å². The highest BCUT2D eigenvalue weighted by molar-refractivity contribution is 7.13. The summed E-state index contributed by atoms with van der Waals surface area (Å²) >= 11 is 1.52. The Hall–Kier alpha value is -3.05. The molecule has 1 atom stereocenters. The first-order valence-electron chi connectivity index (χ1n) is 8.27. The zero-order valence-corrected chi connectivity index (χ0v) is 15.0. The number of methoxy groups -OCH3 is 1. The fourth-order valence-electron chi connectivity index (χ4n) is 3.22. The van der Waals surface area contributed by atoms with Crippen LogP contribution >= 0.6 is 11.3 Å². The molecule has 0 saturated carbocycles. The fourth-order valence-corrected chi connectivity index (χ4v) is 3.77. The van der Waals surface area contributed by atoms with E-state index in [2.05, 4.69) is 10.3 Å². The number of nitrogens with one attached hydrogen (secondary N) is 1. The quantitative estimate of drug-likeness (QED) is 0.511. The first kappa shape index (κ1) is 16.4. The summed E-state index contributed by atoms with van der Waals surface area (Å²) in [5, 5.41) is 19.0. The van der Waals surface area contributed by atoms with E-state index >= 15 is 0 Å². The first-order valence-corrected chi connectivity index (χ1v) is 9.15. The smallest absolute Gasteiger partial charge is 0.183 e. The predicted octanol–water partition coefficient (Wildman–Crippen LogP) is 5.21. The van der Waals surface area contributed by atoms with Crippen LogP contribution in [0, 0.1) is 0 Å². The molecular formula is C21H18N2O2S. The predicted molar refractivity (Wildman–Crippen MR) is 106 cm³/mol. The number of hydrogen-bond donors (Lipinski definition) is 2. The molecule has 130 valence electrons. The van der Waals surface area contributed by atoms with Crippen molar-refractivity contribution in [2.45, 2.75) is 6.04 Å². The number of aromatic hydroxyl groups is 1. The topological polar surface area (TPSA) is 54.4 Å². The van der Waals surface area contributed by atoms with Gasteiger partial charge in [-0.2, -0.15) is 0 Å². The van der Waals surface area contributed by atoms with Crippen LogP contribution in [0.1, 0.15) is 17.2 Å². The maximum atomic E-state index is 10.7. The number of thiazole rings is 1. The Morgan fingerprint density at radius 2 is 1.85 bits per heavy atom. The molecule has 4 rings (SSSR count). The van der Waals surface area contributed by atoms with Crippen LogP contribution in [0.3, 0.4) is 0 Å². The number of anilines is 1. The third-order valence-electron chi connectivity index (χ3n) is 4.39. The van der Waals surface area contributed by atoms with E-state index < -0.39 is 0 Å². The number of para-hydroxylation sites is 1. The van der Waals surface area contributed by atoms with E-state index in [-0.39, 0.29) is 11.8 Å². The maximum absolute atomic E-state index is 10.7. The molecule has 0 aliphatic rings. The molecule has 3 aromatic carbocycles. The van der Waals surface area contributed by atoms with Crippen LogP contribution in [0.5, 0.6) is 11.5 Å². The molecule has 0 radical (unpaired) electrons. The highest BCUT2D eigenvalue weighted by atomic mass is 32.1. The van der Waals surface area contributed by atoms with Crippen molar-refractivity contribution in [2.24, 2.45) is 0 Å². The zero-order valence-electron chi connectivity index (χ0n) is 14.2. The van der Waals surface area contributed by atoms with Crippen molar-refractivity contribution < 1.29 is 9.84 Å². The van der Waals surface area contributed by atoms with Crippen LogP contribution in [0.4, 0.5) is 5.13 Å². The summed E-state index contributed by atoms with van der Waals surface area (Å²) in [7, 11) is 1.66. The molecule has 4 nitrogen and oxygen atoms in total. The summed E-state index contributed by atoms with van der Waals surface area (Å²) in [6.45, 7) is 0. The number of phenolic OH excluding ortho intramolecular Hbond substituents is 1. The van der Waals surface area contributed by atoms with Crippen molar-refractivity contribution >= 4 is 27.2 Å². The Morgan fingerprint density at radius 3 is 2.65 bits per heavy atom. The van der Waals surface area contributed by atoms with E-state index in [1.165, 1.54) is 11.3 Å². The van der Waals surface area contributed by atoms with Gasteiger partial charge in [-0.3, -0.25) is 0 Å². The van der Waals surface area contributed by atoms with Crippen molar-refractivity contribution in [1.82, 2.24) is 4.98 Å². The number of phenols is 1. The molecule has 0 aliphatic carbocycles. The maximum Gasteiger partial charge on any atom is 0.183 e. The molecule has 5 heteroatoms. The number of hydrogen-bond acceptors (Lipinski definition) is 5. The van der Waals surface area contributed by atoms with Gasteiger partial charge in [0.2, 0.25) is 0 Å². The monoisotopic (exact) mass is 362 g/mol. The number of benzene rings is 3. The molecule has 4 aromatic rings. The number of aromatic nitrogens is 1. The fraction of sp³-hybridized carbons (Fsp3) is 0.0952. The van der Waals surface area contributed by atoms with Gasteiger partial charge in [0, 0.05) is 22.7 Å². The lowest BCUT2D eigenvalue weighted by atomic mass is 9.92. The summed E-state index contributed by atoms with van der Waals surface area (Å²) in [5.74, 6) is 0.998.